The summed E-state index contributed by atoms with van der Waals surface area (Å²) < 4.78 is 11.4. The minimum Gasteiger partial charge on any atom is -0.497 e. The van der Waals surface area contributed by atoms with Crippen LogP contribution >= 0.6 is 0 Å². The second-order valence-electron chi connectivity index (χ2n) is 7.02. The predicted octanol–water partition coefficient (Wildman–Crippen LogP) is 4.00. The molecule has 2 heterocycles. The third kappa shape index (κ3) is 3.32. The maximum Gasteiger partial charge on any atom is 0.196 e. The van der Waals surface area contributed by atoms with Crippen molar-refractivity contribution in [3.8, 4) is 17.3 Å². The van der Waals surface area contributed by atoms with Gasteiger partial charge in [-0.3, -0.25) is 0 Å². The molecule has 0 aliphatic carbocycles. The fraction of sp³-hybridized carbons (Fsp3) is 0.273. The zero-order valence-electron chi connectivity index (χ0n) is 16.3. The number of aromatic nitrogens is 2. The first kappa shape index (κ1) is 18.4. The van der Waals surface area contributed by atoms with Crippen molar-refractivity contribution in [2.24, 2.45) is 5.73 Å². The molecule has 1 unspecified atom stereocenters. The molecular formula is C22H24N4O2. The highest BCUT2D eigenvalue weighted by Crippen LogP contribution is 2.33. The Bertz CT molecular complexity index is 1090. The van der Waals surface area contributed by atoms with Crippen LogP contribution in [-0.2, 0) is 0 Å². The molecular weight excluding hydrogens is 352 g/mol. The molecule has 4 aromatic rings. The van der Waals surface area contributed by atoms with Crippen LogP contribution in [-0.4, -0.2) is 42.6 Å². The predicted molar refractivity (Wildman–Crippen MR) is 111 cm³/mol. The molecule has 144 valence electrons. The third-order valence-electron chi connectivity index (χ3n) is 4.96. The number of hydrogen-bond acceptors (Lipinski definition) is 6. The highest BCUT2D eigenvalue weighted by Gasteiger charge is 2.21. The second kappa shape index (κ2) is 7.58. The first-order chi connectivity index (χ1) is 13.6. The Morgan fingerprint density at radius 2 is 1.93 bits per heavy atom. The number of fused-ring (bicyclic) bond motifs is 2. The summed E-state index contributed by atoms with van der Waals surface area (Å²) >= 11 is 0. The van der Waals surface area contributed by atoms with Gasteiger partial charge in [0.25, 0.3) is 0 Å². The van der Waals surface area contributed by atoms with Gasteiger partial charge in [-0.15, -0.1) is 0 Å². The lowest BCUT2D eigenvalue weighted by molar-refractivity contribution is 0.283. The van der Waals surface area contributed by atoms with Crippen LogP contribution in [0.3, 0.4) is 0 Å². The highest BCUT2D eigenvalue weighted by atomic mass is 16.5. The van der Waals surface area contributed by atoms with Gasteiger partial charge >= 0.3 is 0 Å². The van der Waals surface area contributed by atoms with Crippen molar-refractivity contribution in [3.63, 3.8) is 0 Å². The summed E-state index contributed by atoms with van der Waals surface area (Å²) in [6.07, 6.45) is 0.788. The first-order valence-corrected chi connectivity index (χ1v) is 9.32. The van der Waals surface area contributed by atoms with Gasteiger partial charge in [0.2, 0.25) is 0 Å². The normalized spacial score (nSPS) is 12.8. The van der Waals surface area contributed by atoms with E-state index in [0.29, 0.717) is 18.1 Å². The van der Waals surface area contributed by atoms with E-state index in [2.05, 4.69) is 4.90 Å². The molecule has 2 aromatic heterocycles. The number of hydrogen-bond donors (Lipinski definition) is 1. The Labute approximate surface area is 163 Å². The van der Waals surface area contributed by atoms with Crippen molar-refractivity contribution < 1.29 is 9.15 Å². The average molecular weight is 376 g/mol. The van der Waals surface area contributed by atoms with Crippen LogP contribution < -0.4 is 10.5 Å². The molecule has 2 N–H and O–H groups in total. The number of nitrogens with zero attached hydrogens (tertiary/aromatic N) is 3. The summed E-state index contributed by atoms with van der Waals surface area (Å²) in [6.45, 7) is 0.568. The minimum atomic E-state index is 0.0609. The van der Waals surface area contributed by atoms with E-state index in [0.717, 1.165) is 39.7 Å². The summed E-state index contributed by atoms with van der Waals surface area (Å²) in [5.41, 5.74) is 8.49. The Morgan fingerprint density at radius 3 is 2.64 bits per heavy atom. The SMILES string of the molecule is COc1ccc2nc(-c3cc4ccccc4o3)nc(C(CCN)N(C)C)c2c1. The van der Waals surface area contributed by atoms with Gasteiger partial charge in [0.05, 0.1) is 24.4 Å². The van der Waals surface area contributed by atoms with Gasteiger partial charge in [-0.1, -0.05) is 18.2 Å². The number of rotatable bonds is 6. The number of nitrogens with two attached hydrogens (primary N) is 1. The zero-order valence-corrected chi connectivity index (χ0v) is 16.3. The average Bonchev–Trinajstić information content (AvgIpc) is 3.15. The second-order valence-corrected chi connectivity index (χ2v) is 7.02. The summed E-state index contributed by atoms with van der Waals surface area (Å²) in [6, 6.07) is 15.8. The van der Waals surface area contributed by atoms with E-state index in [1.54, 1.807) is 7.11 Å². The Kier molecular flexibility index (Phi) is 4.98. The Morgan fingerprint density at radius 1 is 1.11 bits per heavy atom. The van der Waals surface area contributed by atoms with Crippen LogP contribution in [0, 0.1) is 0 Å². The van der Waals surface area contributed by atoms with Crippen LogP contribution in [0.25, 0.3) is 33.5 Å². The quantitative estimate of drug-likeness (QED) is 0.548. The first-order valence-electron chi connectivity index (χ1n) is 9.32. The van der Waals surface area contributed by atoms with Crippen LogP contribution in [0.2, 0.25) is 0 Å². The van der Waals surface area contributed by atoms with E-state index in [4.69, 9.17) is 24.9 Å². The van der Waals surface area contributed by atoms with Crippen molar-refractivity contribution in [2.45, 2.75) is 12.5 Å². The van der Waals surface area contributed by atoms with E-state index in [1.807, 2.05) is 62.6 Å². The number of para-hydroxylation sites is 1. The van der Waals surface area contributed by atoms with Gasteiger partial charge < -0.3 is 19.8 Å². The van der Waals surface area contributed by atoms with Crippen molar-refractivity contribution in [1.29, 1.82) is 0 Å². The van der Waals surface area contributed by atoms with Crippen LogP contribution in [0.15, 0.2) is 52.9 Å². The largest absolute Gasteiger partial charge is 0.497 e. The molecule has 0 amide bonds. The van der Waals surface area contributed by atoms with E-state index >= 15 is 0 Å². The number of methoxy groups -OCH3 is 1. The maximum absolute atomic E-state index is 6.02. The molecule has 28 heavy (non-hydrogen) atoms. The van der Waals surface area contributed by atoms with Gasteiger partial charge in [-0.25, -0.2) is 9.97 Å². The molecule has 0 aliphatic heterocycles. The van der Waals surface area contributed by atoms with E-state index < -0.39 is 0 Å². The van der Waals surface area contributed by atoms with Gasteiger partial charge in [0, 0.05) is 10.8 Å². The molecule has 0 radical (unpaired) electrons. The number of benzene rings is 2. The molecule has 0 fully saturated rings. The molecule has 6 nitrogen and oxygen atoms in total. The summed E-state index contributed by atoms with van der Waals surface area (Å²) in [5, 5.41) is 2.00. The fourth-order valence-electron chi connectivity index (χ4n) is 3.51. The van der Waals surface area contributed by atoms with E-state index in [-0.39, 0.29) is 6.04 Å². The molecule has 4 rings (SSSR count). The molecule has 0 bridgehead atoms. The fourth-order valence-corrected chi connectivity index (χ4v) is 3.51. The number of furan rings is 1. The summed E-state index contributed by atoms with van der Waals surface area (Å²) in [4.78, 5) is 11.8. The smallest absolute Gasteiger partial charge is 0.196 e. The maximum atomic E-state index is 6.02. The molecule has 0 saturated heterocycles. The van der Waals surface area contributed by atoms with E-state index in [9.17, 15) is 0 Å². The van der Waals surface area contributed by atoms with Gasteiger partial charge in [-0.05, 0) is 57.4 Å². The third-order valence-corrected chi connectivity index (χ3v) is 4.96. The minimum absolute atomic E-state index is 0.0609. The summed E-state index contributed by atoms with van der Waals surface area (Å²) in [5.74, 6) is 2.01. The van der Waals surface area contributed by atoms with Crippen LogP contribution in [0.4, 0.5) is 0 Å². The lowest BCUT2D eigenvalue weighted by atomic mass is 10.0. The van der Waals surface area contributed by atoms with Crippen molar-refractivity contribution >= 4 is 21.9 Å². The molecule has 0 spiro atoms. The summed E-state index contributed by atoms with van der Waals surface area (Å²) in [7, 11) is 5.73. The highest BCUT2D eigenvalue weighted by molar-refractivity contribution is 5.86. The monoisotopic (exact) mass is 376 g/mol. The lowest BCUT2D eigenvalue weighted by Crippen LogP contribution is -2.24. The van der Waals surface area contributed by atoms with Crippen molar-refractivity contribution in [3.05, 3.63) is 54.2 Å². The van der Waals surface area contributed by atoms with E-state index in [1.165, 1.54) is 0 Å². The molecule has 0 aliphatic rings. The molecule has 2 aromatic carbocycles. The molecule has 6 heteroatoms. The van der Waals surface area contributed by atoms with Crippen molar-refractivity contribution in [1.82, 2.24) is 14.9 Å². The van der Waals surface area contributed by atoms with Gasteiger partial charge in [0.15, 0.2) is 11.6 Å². The van der Waals surface area contributed by atoms with Crippen LogP contribution in [0.1, 0.15) is 18.2 Å². The topological polar surface area (TPSA) is 77.4 Å². The Balaban J connectivity index is 1.95. The Hall–Kier alpha value is -2.96. The standard InChI is InChI=1S/C22H24N4O2/c1-26(2)18(10-11-23)21-16-13-15(27-3)8-9-17(16)24-22(25-21)20-12-14-6-4-5-7-19(14)28-20/h4-9,12-13,18H,10-11,23H2,1-3H3. The van der Waals surface area contributed by atoms with Gasteiger partial charge in [0.1, 0.15) is 11.3 Å². The molecule has 0 saturated carbocycles. The zero-order chi connectivity index (χ0) is 19.7. The van der Waals surface area contributed by atoms with Crippen molar-refractivity contribution in [2.75, 3.05) is 27.7 Å². The lowest BCUT2D eigenvalue weighted by Gasteiger charge is -2.25. The van der Waals surface area contributed by atoms with Gasteiger partial charge in [-0.2, -0.15) is 0 Å². The number of ether oxygens (including phenoxy) is 1. The molecule has 1 atom stereocenters. The van der Waals surface area contributed by atoms with Crippen LogP contribution in [0.5, 0.6) is 5.75 Å².